The summed E-state index contributed by atoms with van der Waals surface area (Å²) in [5.41, 5.74) is -1.64. The lowest BCUT2D eigenvalue weighted by molar-refractivity contribution is -0.141. The van der Waals surface area contributed by atoms with Crippen molar-refractivity contribution in [1.29, 1.82) is 0 Å². The van der Waals surface area contributed by atoms with Gasteiger partial charge in [-0.25, -0.2) is 13.8 Å². The number of hydrogen-bond donors (Lipinski definition) is 0. The van der Waals surface area contributed by atoms with Crippen molar-refractivity contribution in [2.75, 3.05) is 6.61 Å². The van der Waals surface area contributed by atoms with Crippen LogP contribution in [0.4, 0.5) is 22.0 Å². The molecule has 0 amide bonds. The topological polar surface area (TPSA) is 35.0 Å². The molecule has 29 heavy (non-hydrogen) atoms. The van der Waals surface area contributed by atoms with E-state index in [4.69, 9.17) is 4.74 Å². The van der Waals surface area contributed by atoms with Gasteiger partial charge in [0.15, 0.2) is 0 Å². The van der Waals surface area contributed by atoms with Gasteiger partial charge in [0.25, 0.3) is 6.43 Å². The quantitative estimate of drug-likeness (QED) is 0.447. The van der Waals surface area contributed by atoms with E-state index in [0.717, 1.165) is 18.7 Å². The third-order valence-corrected chi connectivity index (χ3v) is 3.84. The minimum absolute atomic E-state index is 0.000721. The van der Waals surface area contributed by atoms with Crippen molar-refractivity contribution >= 4 is 0 Å². The van der Waals surface area contributed by atoms with Gasteiger partial charge in [0.05, 0.1) is 12.3 Å². The predicted octanol–water partition coefficient (Wildman–Crippen LogP) is 7.19. The summed E-state index contributed by atoms with van der Waals surface area (Å²) in [5, 5.41) is 0. The van der Waals surface area contributed by atoms with E-state index < -0.39 is 24.0 Å². The molecule has 0 N–H and O–H groups in total. The number of aromatic nitrogens is 2. The molecular weight excluding hydrogens is 391 g/mol. The minimum Gasteiger partial charge on any atom is -0.491 e. The van der Waals surface area contributed by atoms with Crippen molar-refractivity contribution in [2.24, 2.45) is 11.8 Å². The summed E-state index contributed by atoms with van der Waals surface area (Å²) in [6.07, 6.45) is -5.69. The molecule has 0 aliphatic heterocycles. The molecule has 8 heteroatoms. The van der Waals surface area contributed by atoms with Crippen LogP contribution >= 0.6 is 0 Å². The predicted molar refractivity (Wildman–Crippen MR) is 103 cm³/mol. The molecule has 2 rings (SSSR count). The van der Waals surface area contributed by atoms with E-state index in [1.54, 1.807) is 0 Å². The van der Waals surface area contributed by atoms with Gasteiger partial charge in [-0.3, -0.25) is 4.98 Å². The molecule has 0 aliphatic carbocycles. The lowest BCUT2D eigenvalue weighted by atomic mass is 10.00. The number of halogens is 5. The molecule has 0 aromatic carbocycles. The zero-order valence-electron chi connectivity index (χ0n) is 17.2. The molecule has 0 aliphatic rings. The summed E-state index contributed by atoms with van der Waals surface area (Å²) in [6.45, 7) is 10.3. The average Bonchev–Trinajstić information content (AvgIpc) is 2.66. The first kappa shape index (κ1) is 24.8. The summed E-state index contributed by atoms with van der Waals surface area (Å²) in [4.78, 5) is 7.09. The molecule has 0 radical (unpaired) electrons. The summed E-state index contributed by atoms with van der Waals surface area (Å²) in [7, 11) is 0. The van der Waals surface area contributed by atoms with Gasteiger partial charge in [0, 0.05) is 11.8 Å². The largest absolute Gasteiger partial charge is 0.491 e. The summed E-state index contributed by atoms with van der Waals surface area (Å²) in [5.74, 6) is 0.562. The molecule has 0 bridgehead atoms. The van der Waals surface area contributed by atoms with Crippen molar-refractivity contribution in [3.05, 3.63) is 41.9 Å². The Labute approximate surface area is 168 Å². The van der Waals surface area contributed by atoms with E-state index in [9.17, 15) is 22.0 Å². The molecule has 162 valence electrons. The van der Waals surface area contributed by atoms with Crippen molar-refractivity contribution < 1.29 is 26.7 Å². The number of alkyl halides is 5. The fraction of sp³-hybridized carbons (Fsp3) is 0.524. The van der Waals surface area contributed by atoms with E-state index in [-0.39, 0.29) is 29.5 Å². The number of pyridine rings is 2. The standard InChI is InChI=1S/C19H21F5N2O.C2H6/c1-11(2)8-12(3)10-27-15-5-4-14(26-17(15)18(20)21)13-6-7-25-16(9-13)19(22,23)24;1-2/h4-7,9,11-12,18H,8,10H2,1-3H3;1-2H3. The Kier molecular flexibility index (Phi) is 9.46. The van der Waals surface area contributed by atoms with Gasteiger partial charge in [0.1, 0.15) is 17.1 Å². The second kappa shape index (κ2) is 11.1. The molecule has 0 saturated carbocycles. The first-order chi connectivity index (χ1) is 13.6. The van der Waals surface area contributed by atoms with Crippen LogP contribution in [0.25, 0.3) is 11.3 Å². The number of ether oxygens (including phenoxy) is 1. The lowest BCUT2D eigenvalue weighted by Gasteiger charge is -2.17. The van der Waals surface area contributed by atoms with Gasteiger partial charge >= 0.3 is 6.18 Å². The van der Waals surface area contributed by atoms with Gasteiger partial charge in [0.2, 0.25) is 0 Å². The summed E-state index contributed by atoms with van der Waals surface area (Å²) >= 11 is 0. The van der Waals surface area contributed by atoms with Crippen molar-refractivity contribution in [3.63, 3.8) is 0 Å². The SMILES string of the molecule is CC.CC(C)CC(C)COc1ccc(-c2ccnc(C(F)(F)F)c2)nc1C(F)F. The van der Waals surface area contributed by atoms with Gasteiger partial charge in [-0.05, 0) is 42.5 Å². The molecule has 0 saturated heterocycles. The Bertz CT molecular complexity index is 763. The van der Waals surface area contributed by atoms with E-state index in [1.807, 2.05) is 20.8 Å². The zero-order chi connectivity index (χ0) is 22.2. The Hall–Kier alpha value is -2.25. The van der Waals surface area contributed by atoms with Crippen LogP contribution in [0.2, 0.25) is 0 Å². The van der Waals surface area contributed by atoms with E-state index in [2.05, 4.69) is 23.8 Å². The molecule has 1 unspecified atom stereocenters. The second-order valence-corrected chi connectivity index (χ2v) is 6.85. The second-order valence-electron chi connectivity index (χ2n) is 6.85. The molecule has 2 aromatic rings. The Morgan fingerprint density at radius 3 is 2.24 bits per heavy atom. The average molecular weight is 418 g/mol. The van der Waals surface area contributed by atoms with Crippen molar-refractivity contribution in [1.82, 2.24) is 9.97 Å². The highest BCUT2D eigenvalue weighted by Crippen LogP contribution is 2.33. The first-order valence-corrected chi connectivity index (χ1v) is 9.53. The van der Waals surface area contributed by atoms with Gasteiger partial charge in [-0.15, -0.1) is 0 Å². The maximum absolute atomic E-state index is 13.4. The number of hydrogen-bond acceptors (Lipinski definition) is 3. The summed E-state index contributed by atoms with van der Waals surface area (Å²) in [6, 6.07) is 4.75. The third kappa shape index (κ3) is 7.59. The van der Waals surface area contributed by atoms with Gasteiger partial charge in [-0.1, -0.05) is 34.6 Å². The first-order valence-electron chi connectivity index (χ1n) is 9.53. The molecule has 3 nitrogen and oxygen atoms in total. The van der Waals surface area contributed by atoms with Gasteiger partial charge in [-0.2, -0.15) is 13.2 Å². The molecule has 0 fully saturated rings. The van der Waals surface area contributed by atoms with E-state index >= 15 is 0 Å². The fourth-order valence-electron chi connectivity index (χ4n) is 2.75. The highest BCUT2D eigenvalue weighted by Gasteiger charge is 2.32. The van der Waals surface area contributed by atoms with Crippen LogP contribution in [-0.2, 0) is 6.18 Å². The third-order valence-electron chi connectivity index (χ3n) is 3.84. The molecule has 2 aromatic heterocycles. The monoisotopic (exact) mass is 418 g/mol. The molecular formula is C21H27F5N2O. The zero-order valence-corrected chi connectivity index (χ0v) is 17.2. The highest BCUT2D eigenvalue weighted by atomic mass is 19.4. The molecule has 2 heterocycles. The summed E-state index contributed by atoms with van der Waals surface area (Å²) < 4.78 is 70.7. The van der Waals surface area contributed by atoms with Crippen LogP contribution in [0.5, 0.6) is 5.75 Å². The Morgan fingerprint density at radius 2 is 1.69 bits per heavy atom. The van der Waals surface area contributed by atoms with Crippen LogP contribution in [-0.4, -0.2) is 16.6 Å². The maximum atomic E-state index is 13.4. The van der Waals surface area contributed by atoms with Crippen molar-refractivity contribution in [3.8, 4) is 17.0 Å². The van der Waals surface area contributed by atoms with Crippen LogP contribution in [0.15, 0.2) is 30.5 Å². The smallest absolute Gasteiger partial charge is 0.433 e. The molecule has 0 spiro atoms. The van der Waals surface area contributed by atoms with Crippen LogP contribution in [0, 0.1) is 11.8 Å². The highest BCUT2D eigenvalue weighted by molar-refractivity contribution is 5.60. The van der Waals surface area contributed by atoms with Crippen LogP contribution in [0.1, 0.15) is 58.9 Å². The maximum Gasteiger partial charge on any atom is 0.433 e. The lowest BCUT2D eigenvalue weighted by Crippen LogP contribution is -2.12. The van der Waals surface area contributed by atoms with E-state index in [1.165, 1.54) is 18.2 Å². The Balaban J connectivity index is 0.00000204. The minimum atomic E-state index is -4.63. The molecule has 1 atom stereocenters. The number of nitrogens with zero attached hydrogens (tertiary/aromatic N) is 2. The number of rotatable bonds is 7. The Morgan fingerprint density at radius 1 is 1.03 bits per heavy atom. The fourth-order valence-corrected chi connectivity index (χ4v) is 2.75. The van der Waals surface area contributed by atoms with E-state index in [0.29, 0.717) is 5.92 Å². The van der Waals surface area contributed by atoms with Gasteiger partial charge < -0.3 is 4.74 Å². The van der Waals surface area contributed by atoms with Crippen LogP contribution in [0.3, 0.4) is 0 Å². The normalized spacial score (nSPS) is 12.6. The van der Waals surface area contributed by atoms with Crippen molar-refractivity contribution in [2.45, 2.75) is 53.6 Å². The van der Waals surface area contributed by atoms with Crippen LogP contribution < -0.4 is 4.74 Å².